The van der Waals surface area contributed by atoms with Gasteiger partial charge in [0.05, 0.1) is 44.2 Å². The molecule has 10 nitrogen and oxygen atoms in total. The number of amides is 2. The maximum Gasteiger partial charge on any atom is 0.305 e. The smallest absolute Gasteiger partial charge is 0.305 e. The second-order valence-electron chi connectivity index (χ2n) is 10.5. The summed E-state index contributed by atoms with van der Waals surface area (Å²) < 4.78 is 21.0. The van der Waals surface area contributed by atoms with Gasteiger partial charge in [-0.1, -0.05) is 36.4 Å². The third kappa shape index (κ3) is 7.69. The molecule has 0 atom stereocenters. The van der Waals surface area contributed by atoms with Crippen LogP contribution in [-0.2, 0) is 34.1 Å². The molecule has 0 fully saturated rings. The van der Waals surface area contributed by atoms with Crippen LogP contribution in [-0.4, -0.2) is 57.4 Å². The number of rotatable bonds is 14. The van der Waals surface area contributed by atoms with Gasteiger partial charge in [-0.3, -0.25) is 24.2 Å². The van der Waals surface area contributed by atoms with Gasteiger partial charge in [0.2, 0.25) is 5.91 Å². The second kappa shape index (κ2) is 15.7. The van der Waals surface area contributed by atoms with Crippen LogP contribution in [0.15, 0.2) is 77.8 Å². The van der Waals surface area contributed by atoms with E-state index in [1.165, 1.54) is 20.3 Å². The first-order valence-corrected chi connectivity index (χ1v) is 15.1. The van der Waals surface area contributed by atoms with Crippen LogP contribution in [0.1, 0.15) is 56.2 Å². The van der Waals surface area contributed by atoms with E-state index in [9.17, 15) is 19.2 Å². The molecular weight excluding hydrogens is 588 g/mol. The molecule has 0 bridgehead atoms. The number of nitrogens with zero attached hydrogens (tertiary/aromatic N) is 2. The number of carbonyl (C=O) groups excluding carboxylic acids is 4. The first kappa shape index (κ1) is 33.6. The maximum absolute atomic E-state index is 14.4. The predicted molar refractivity (Wildman–Crippen MR) is 175 cm³/mol. The standard InChI is InChI=1S/C36H38N2O8/c1-5-45-33(40)18-20-36(21-19-34(41)46-6-2)28-23-27(37-24-26-10-8-7-9-11-26)14-15-29(28)38(35(36)42)32(39)17-13-25-12-16-30(43-3)31(22-25)44-4/h7-17,22-24H,5-6,18-21H2,1-4H3. The lowest BCUT2D eigenvalue weighted by molar-refractivity contribution is -0.143. The Labute approximate surface area is 268 Å². The van der Waals surface area contributed by atoms with Gasteiger partial charge in [0.15, 0.2) is 11.5 Å². The normalized spacial score (nSPS) is 13.6. The minimum atomic E-state index is -1.39. The zero-order valence-electron chi connectivity index (χ0n) is 26.5. The Kier molecular flexibility index (Phi) is 11.4. The molecule has 2 amide bonds. The van der Waals surface area contributed by atoms with Crippen LogP contribution < -0.4 is 14.4 Å². The molecule has 0 aliphatic carbocycles. The summed E-state index contributed by atoms with van der Waals surface area (Å²) in [6, 6.07) is 19.8. The highest BCUT2D eigenvalue weighted by Crippen LogP contribution is 2.49. The number of imide groups is 1. The molecule has 3 aromatic rings. The van der Waals surface area contributed by atoms with E-state index in [-0.39, 0.29) is 38.9 Å². The van der Waals surface area contributed by atoms with Gasteiger partial charge in [-0.05, 0) is 79.8 Å². The van der Waals surface area contributed by atoms with Crippen LogP contribution in [0.25, 0.3) is 6.08 Å². The molecule has 0 N–H and O–H groups in total. The van der Waals surface area contributed by atoms with Gasteiger partial charge in [-0.2, -0.15) is 0 Å². The summed E-state index contributed by atoms with van der Waals surface area (Å²) in [4.78, 5) is 59.0. The van der Waals surface area contributed by atoms with Crippen molar-refractivity contribution in [3.63, 3.8) is 0 Å². The summed E-state index contributed by atoms with van der Waals surface area (Å²) >= 11 is 0. The van der Waals surface area contributed by atoms with E-state index in [1.807, 2.05) is 30.3 Å². The molecule has 240 valence electrons. The van der Waals surface area contributed by atoms with Crippen molar-refractivity contribution in [1.82, 2.24) is 0 Å². The molecule has 0 aromatic heterocycles. The van der Waals surface area contributed by atoms with Crippen molar-refractivity contribution in [3.05, 3.63) is 89.5 Å². The number of fused-ring (bicyclic) bond motifs is 1. The number of benzene rings is 3. The summed E-state index contributed by atoms with van der Waals surface area (Å²) in [5.74, 6) is -1.07. The van der Waals surface area contributed by atoms with Crippen LogP contribution in [0.2, 0.25) is 0 Å². The fourth-order valence-electron chi connectivity index (χ4n) is 5.43. The number of hydrogen-bond acceptors (Lipinski definition) is 9. The molecule has 0 spiro atoms. The third-order valence-electron chi connectivity index (χ3n) is 7.68. The molecule has 0 unspecified atom stereocenters. The van der Waals surface area contributed by atoms with Gasteiger partial charge >= 0.3 is 11.9 Å². The van der Waals surface area contributed by atoms with Crippen molar-refractivity contribution < 1.29 is 38.1 Å². The van der Waals surface area contributed by atoms with Crippen LogP contribution in [0, 0.1) is 0 Å². The van der Waals surface area contributed by atoms with E-state index >= 15 is 0 Å². The number of methoxy groups -OCH3 is 2. The van der Waals surface area contributed by atoms with Crippen molar-refractivity contribution in [3.8, 4) is 11.5 Å². The highest BCUT2D eigenvalue weighted by Gasteiger charge is 2.52. The van der Waals surface area contributed by atoms with Gasteiger partial charge in [0.1, 0.15) is 0 Å². The highest BCUT2D eigenvalue weighted by molar-refractivity contribution is 6.26. The molecule has 1 heterocycles. The van der Waals surface area contributed by atoms with Crippen LogP contribution >= 0.6 is 0 Å². The predicted octanol–water partition coefficient (Wildman–Crippen LogP) is 5.97. The maximum atomic E-state index is 14.4. The van der Waals surface area contributed by atoms with Gasteiger partial charge in [-0.25, -0.2) is 4.90 Å². The molecule has 3 aromatic carbocycles. The Balaban J connectivity index is 1.77. The van der Waals surface area contributed by atoms with Crippen molar-refractivity contribution in [2.75, 3.05) is 32.3 Å². The van der Waals surface area contributed by atoms with Crippen molar-refractivity contribution in [2.24, 2.45) is 4.99 Å². The Morgan fingerprint density at radius 3 is 2.07 bits per heavy atom. The fourth-order valence-corrected chi connectivity index (χ4v) is 5.43. The fraction of sp³-hybridized carbons (Fsp3) is 0.306. The summed E-state index contributed by atoms with van der Waals surface area (Å²) in [5, 5.41) is 0. The Bertz CT molecular complexity index is 1610. The Hall–Kier alpha value is -5.25. The van der Waals surface area contributed by atoms with Crippen LogP contribution in [0.3, 0.4) is 0 Å². The summed E-state index contributed by atoms with van der Waals surface area (Å²) in [5.41, 5.74) is 1.55. The molecule has 10 heteroatoms. The first-order chi connectivity index (χ1) is 22.3. The average Bonchev–Trinajstić information content (AvgIpc) is 3.31. The average molecular weight is 627 g/mol. The number of esters is 2. The van der Waals surface area contributed by atoms with Crippen molar-refractivity contribution >= 4 is 47.4 Å². The van der Waals surface area contributed by atoms with Crippen molar-refractivity contribution in [1.29, 1.82) is 0 Å². The number of ether oxygens (including phenoxy) is 4. The molecule has 0 saturated carbocycles. The second-order valence-corrected chi connectivity index (χ2v) is 10.5. The molecule has 4 rings (SSSR count). The number of aliphatic imine (C=N–C) groups is 1. The minimum Gasteiger partial charge on any atom is -0.493 e. The molecule has 46 heavy (non-hydrogen) atoms. The lowest BCUT2D eigenvalue weighted by Gasteiger charge is -2.28. The summed E-state index contributed by atoms with van der Waals surface area (Å²) in [6.45, 7) is 3.77. The quantitative estimate of drug-likeness (QED) is 0.122. The summed E-state index contributed by atoms with van der Waals surface area (Å²) in [7, 11) is 3.04. The largest absolute Gasteiger partial charge is 0.493 e. The van der Waals surface area contributed by atoms with E-state index < -0.39 is 29.2 Å². The molecule has 1 aliphatic heterocycles. The minimum absolute atomic E-state index is 0.0199. The third-order valence-corrected chi connectivity index (χ3v) is 7.68. The SMILES string of the molecule is CCOC(=O)CCC1(CCC(=O)OCC)C(=O)N(C(=O)C=Cc2ccc(OC)c(OC)c2)c2ccc(N=Cc3ccccc3)cc21. The molecular formula is C36H38N2O8. The Morgan fingerprint density at radius 1 is 0.804 bits per heavy atom. The number of carbonyl (C=O) groups is 4. The summed E-state index contributed by atoms with van der Waals surface area (Å²) in [6.07, 6.45) is 4.43. The molecule has 0 saturated heterocycles. The van der Waals surface area contributed by atoms with E-state index in [0.29, 0.717) is 34.0 Å². The van der Waals surface area contributed by atoms with E-state index in [0.717, 1.165) is 10.5 Å². The molecule has 1 aliphatic rings. The number of hydrogen-bond donors (Lipinski definition) is 0. The van der Waals surface area contributed by atoms with Crippen molar-refractivity contribution in [2.45, 2.75) is 44.9 Å². The van der Waals surface area contributed by atoms with Crippen LogP contribution in [0.5, 0.6) is 11.5 Å². The van der Waals surface area contributed by atoms with Crippen LogP contribution in [0.4, 0.5) is 11.4 Å². The van der Waals surface area contributed by atoms with E-state index in [4.69, 9.17) is 18.9 Å². The monoisotopic (exact) mass is 626 g/mol. The topological polar surface area (TPSA) is 121 Å². The zero-order chi connectivity index (χ0) is 33.1. The lowest BCUT2D eigenvalue weighted by atomic mass is 9.74. The molecule has 0 radical (unpaired) electrons. The van der Waals surface area contributed by atoms with E-state index in [2.05, 4.69) is 4.99 Å². The van der Waals surface area contributed by atoms with Gasteiger partial charge < -0.3 is 18.9 Å². The zero-order valence-corrected chi connectivity index (χ0v) is 26.5. The van der Waals surface area contributed by atoms with E-state index in [1.54, 1.807) is 62.5 Å². The van der Waals surface area contributed by atoms with Gasteiger partial charge in [0, 0.05) is 25.1 Å². The highest BCUT2D eigenvalue weighted by atomic mass is 16.5. The lowest BCUT2D eigenvalue weighted by Crippen LogP contribution is -2.43. The number of anilines is 1. The van der Waals surface area contributed by atoms with Gasteiger partial charge in [-0.15, -0.1) is 0 Å². The van der Waals surface area contributed by atoms with Gasteiger partial charge in [0.25, 0.3) is 5.91 Å². The first-order valence-electron chi connectivity index (χ1n) is 15.1. The Morgan fingerprint density at radius 2 is 1.46 bits per heavy atom.